The number of amides is 1. The van der Waals surface area contributed by atoms with E-state index >= 15 is 0 Å². The van der Waals surface area contributed by atoms with Crippen LogP contribution in [0.2, 0.25) is 10.0 Å². The molecular weight excluding hydrogens is 693 g/mol. The topological polar surface area (TPSA) is 107 Å². The van der Waals surface area contributed by atoms with Crippen molar-refractivity contribution in [1.29, 1.82) is 0 Å². The number of halogens is 3. The number of methoxy groups -OCH3 is 1. The molecule has 1 amide bonds. The molecule has 0 heterocycles. The SMILES string of the molecule is CCOc1ccccc1N(CC(=O)N/N=C\c1cc(Br)c(OCc2ccc(Cl)c(Cl)c2)c(OC)c1)S(=O)(=O)c1ccccc1. The predicted molar refractivity (Wildman–Crippen MR) is 176 cm³/mol. The number of benzene rings is 4. The Kier molecular flexibility index (Phi) is 11.5. The van der Waals surface area contributed by atoms with Gasteiger partial charge < -0.3 is 14.2 Å². The van der Waals surface area contributed by atoms with Crippen molar-refractivity contribution in [3.63, 3.8) is 0 Å². The van der Waals surface area contributed by atoms with Crippen LogP contribution < -0.4 is 23.9 Å². The minimum absolute atomic E-state index is 0.0287. The van der Waals surface area contributed by atoms with Gasteiger partial charge in [-0.25, -0.2) is 13.8 Å². The zero-order valence-electron chi connectivity index (χ0n) is 23.7. The molecule has 0 aliphatic carbocycles. The largest absolute Gasteiger partial charge is 0.493 e. The molecule has 0 atom stereocenters. The summed E-state index contributed by atoms with van der Waals surface area (Å²) in [6, 6.07) is 23.1. The van der Waals surface area contributed by atoms with E-state index in [4.69, 9.17) is 37.4 Å². The van der Waals surface area contributed by atoms with Gasteiger partial charge in [0.25, 0.3) is 15.9 Å². The summed E-state index contributed by atoms with van der Waals surface area (Å²) in [6.45, 7) is 1.76. The number of carbonyl (C=O) groups is 1. The van der Waals surface area contributed by atoms with E-state index in [-0.39, 0.29) is 17.2 Å². The second kappa shape index (κ2) is 15.3. The quantitative estimate of drug-likeness (QED) is 0.117. The minimum Gasteiger partial charge on any atom is -0.493 e. The van der Waals surface area contributed by atoms with Crippen LogP contribution in [0.15, 0.2) is 99.4 Å². The van der Waals surface area contributed by atoms with E-state index in [2.05, 4.69) is 26.5 Å². The summed E-state index contributed by atoms with van der Waals surface area (Å²) >= 11 is 15.6. The average molecular weight is 721 g/mol. The van der Waals surface area contributed by atoms with Crippen LogP contribution in [0.25, 0.3) is 0 Å². The fraction of sp³-hybridized carbons (Fsp3) is 0.161. The zero-order chi connectivity index (χ0) is 31.7. The molecule has 4 rings (SSSR count). The number of nitrogens with one attached hydrogen (secondary N) is 1. The van der Waals surface area contributed by atoms with Gasteiger partial charge in [0.05, 0.1) is 45.0 Å². The Morgan fingerprint density at radius 3 is 2.39 bits per heavy atom. The van der Waals surface area contributed by atoms with E-state index in [9.17, 15) is 13.2 Å². The lowest BCUT2D eigenvalue weighted by Crippen LogP contribution is -2.39. The van der Waals surface area contributed by atoms with Gasteiger partial charge in [0.2, 0.25) is 0 Å². The Morgan fingerprint density at radius 1 is 0.955 bits per heavy atom. The fourth-order valence-corrected chi connectivity index (χ4v) is 6.39. The molecule has 13 heteroatoms. The average Bonchev–Trinajstić information content (AvgIpc) is 3.01. The van der Waals surface area contributed by atoms with Gasteiger partial charge >= 0.3 is 0 Å². The number of rotatable bonds is 13. The Hall–Kier alpha value is -3.77. The number of nitrogens with zero attached hydrogens (tertiary/aromatic N) is 2. The van der Waals surface area contributed by atoms with Gasteiger partial charge in [-0.2, -0.15) is 5.10 Å². The lowest BCUT2D eigenvalue weighted by molar-refractivity contribution is -0.119. The van der Waals surface area contributed by atoms with Gasteiger partial charge in [-0.1, -0.05) is 59.6 Å². The Balaban J connectivity index is 1.51. The number of hydrogen-bond donors (Lipinski definition) is 1. The van der Waals surface area contributed by atoms with Crippen LogP contribution in [0, 0.1) is 0 Å². The maximum atomic E-state index is 13.6. The molecule has 0 aromatic heterocycles. The lowest BCUT2D eigenvalue weighted by atomic mass is 10.2. The minimum atomic E-state index is -4.13. The summed E-state index contributed by atoms with van der Waals surface area (Å²) in [5.74, 6) is 0.526. The third-order valence-electron chi connectivity index (χ3n) is 6.07. The van der Waals surface area contributed by atoms with Crippen molar-refractivity contribution in [2.75, 3.05) is 24.6 Å². The van der Waals surface area contributed by atoms with Crippen LogP contribution in [-0.4, -0.2) is 40.8 Å². The summed E-state index contributed by atoms with van der Waals surface area (Å²) in [6.07, 6.45) is 1.40. The summed E-state index contributed by atoms with van der Waals surface area (Å²) < 4.78 is 46.0. The van der Waals surface area contributed by atoms with Crippen molar-refractivity contribution >= 4 is 67.0 Å². The highest BCUT2D eigenvalue weighted by Crippen LogP contribution is 2.37. The number of sulfonamides is 1. The molecule has 0 unspecified atom stereocenters. The molecule has 0 saturated heterocycles. The van der Waals surface area contributed by atoms with Crippen LogP contribution in [-0.2, 0) is 21.4 Å². The number of hydrogen-bond acceptors (Lipinski definition) is 7. The highest BCUT2D eigenvalue weighted by Gasteiger charge is 2.29. The van der Waals surface area contributed by atoms with Crippen molar-refractivity contribution in [2.24, 2.45) is 5.10 Å². The number of anilines is 1. The molecule has 0 bridgehead atoms. The molecule has 0 aliphatic rings. The first-order valence-electron chi connectivity index (χ1n) is 13.2. The first kappa shape index (κ1) is 33.1. The Bertz CT molecular complexity index is 1760. The smallest absolute Gasteiger partial charge is 0.264 e. The van der Waals surface area contributed by atoms with Crippen molar-refractivity contribution < 1.29 is 27.4 Å². The molecule has 4 aromatic carbocycles. The number of carbonyl (C=O) groups excluding carboxylic acids is 1. The maximum absolute atomic E-state index is 13.6. The number of para-hydroxylation sites is 2. The van der Waals surface area contributed by atoms with Gasteiger partial charge in [-0.3, -0.25) is 9.10 Å². The van der Waals surface area contributed by atoms with E-state index in [0.29, 0.717) is 43.9 Å². The highest BCUT2D eigenvalue weighted by atomic mass is 79.9. The van der Waals surface area contributed by atoms with Crippen LogP contribution in [0.4, 0.5) is 5.69 Å². The van der Waals surface area contributed by atoms with Crippen molar-refractivity contribution in [3.8, 4) is 17.2 Å². The first-order valence-corrected chi connectivity index (χ1v) is 16.2. The molecule has 9 nitrogen and oxygen atoms in total. The second-order valence-electron chi connectivity index (χ2n) is 9.09. The van der Waals surface area contributed by atoms with E-state index in [1.807, 2.05) is 0 Å². The molecule has 4 aromatic rings. The summed E-state index contributed by atoms with van der Waals surface area (Å²) in [5, 5.41) is 4.91. The molecule has 0 fully saturated rings. The molecule has 0 aliphatic heterocycles. The van der Waals surface area contributed by atoms with Crippen molar-refractivity contribution in [3.05, 3.63) is 111 Å². The van der Waals surface area contributed by atoms with E-state index in [1.54, 1.807) is 79.7 Å². The molecule has 230 valence electrons. The third kappa shape index (κ3) is 8.23. The summed E-state index contributed by atoms with van der Waals surface area (Å²) in [4.78, 5) is 13.1. The summed E-state index contributed by atoms with van der Waals surface area (Å²) in [7, 11) is -2.63. The molecule has 0 saturated carbocycles. The summed E-state index contributed by atoms with van der Waals surface area (Å²) in [5.41, 5.74) is 4.02. The van der Waals surface area contributed by atoms with Crippen LogP contribution in [0.1, 0.15) is 18.1 Å². The molecule has 0 radical (unpaired) electrons. The highest BCUT2D eigenvalue weighted by molar-refractivity contribution is 9.10. The van der Waals surface area contributed by atoms with Gasteiger partial charge in [0, 0.05) is 0 Å². The van der Waals surface area contributed by atoms with Crippen LogP contribution >= 0.6 is 39.1 Å². The van der Waals surface area contributed by atoms with Gasteiger partial charge in [-0.15, -0.1) is 0 Å². The second-order valence-corrected chi connectivity index (χ2v) is 12.6. The third-order valence-corrected chi connectivity index (χ3v) is 9.18. The standard InChI is InChI=1S/C31H28BrCl2N3O6S/c1-3-42-28-12-8-7-11-27(28)37(44(39,40)23-9-5-4-6-10-23)19-30(38)36-35-18-22-15-24(32)31(29(17-22)41-2)43-20-21-13-14-25(33)26(34)16-21/h4-18H,3,19-20H2,1-2H3,(H,36,38)/b35-18-. The molecule has 1 N–H and O–H groups in total. The Morgan fingerprint density at radius 2 is 1.68 bits per heavy atom. The van der Waals surface area contributed by atoms with Gasteiger partial charge in [0.1, 0.15) is 18.9 Å². The Labute approximate surface area is 274 Å². The maximum Gasteiger partial charge on any atom is 0.264 e. The molecule has 44 heavy (non-hydrogen) atoms. The first-order chi connectivity index (χ1) is 21.1. The normalized spacial score (nSPS) is 11.3. The van der Waals surface area contributed by atoms with Crippen LogP contribution in [0.5, 0.6) is 17.2 Å². The van der Waals surface area contributed by atoms with Crippen molar-refractivity contribution in [1.82, 2.24) is 5.43 Å². The number of hydrazone groups is 1. The van der Waals surface area contributed by atoms with Gasteiger partial charge in [0.15, 0.2) is 11.5 Å². The van der Waals surface area contributed by atoms with Gasteiger partial charge in [-0.05, 0) is 82.5 Å². The van der Waals surface area contributed by atoms with Crippen LogP contribution in [0.3, 0.4) is 0 Å². The molecule has 0 spiro atoms. The van der Waals surface area contributed by atoms with E-state index in [0.717, 1.165) is 9.87 Å². The van der Waals surface area contributed by atoms with Crippen molar-refractivity contribution in [2.45, 2.75) is 18.4 Å². The zero-order valence-corrected chi connectivity index (χ0v) is 27.6. The van der Waals surface area contributed by atoms with E-state index in [1.165, 1.54) is 25.5 Å². The fourth-order valence-electron chi connectivity index (χ4n) is 4.04. The lowest BCUT2D eigenvalue weighted by Gasteiger charge is -2.25. The monoisotopic (exact) mass is 719 g/mol. The van der Waals surface area contributed by atoms with E-state index < -0.39 is 22.5 Å². The molecular formula is C31H28BrCl2N3O6S. The predicted octanol–water partition coefficient (Wildman–Crippen LogP) is 7.09. The number of ether oxygens (including phenoxy) is 3.